The zero-order valence-corrected chi connectivity index (χ0v) is 13.7. The third kappa shape index (κ3) is 3.29. The Morgan fingerprint density at radius 2 is 1.91 bits per heavy atom. The Morgan fingerprint density at radius 1 is 1.22 bits per heavy atom. The summed E-state index contributed by atoms with van der Waals surface area (Å²) >= 11 is 0. The molecule has 1 aromatic carbocycles. The Hall–Kier alpha value is -2.14. The summed E-state index contributed by atoms with van der Waals surface area (Å²) in [7, 11) is 0. The van der Waals surface area contributed by atoms with Crippen molar-refractivity contribution < 1.29 is 5.11 Å². The molecule has 122 valence electrons. The van der Waals surface area contributed by atoms with Crippen LogP contribution in [0.2, 0.25) is 0 Å². The van der Waals surface area contributed by atoms with Gasteiger partial charge in [0.15, 0.2) is 0 Å². The predicted octanol–water partition coefficient (Wildman–Crippen LogP) is 2.90. The second-order valence-electron chi connectivity index (χ2n) is 6.46. The van der Waals surface area contributed by atoms with E-state index < -0.39 is 0 Å². The van der Waals surface area contributed by atoms with E-state index >= 15 is 0 Å². The van der Waals surface area contributed by atoms with Crippen molar-refractivity contribution in [2.24, 2.45) is 5.73 Å². The molecule has 0 aliphatic carbocycles. The summed E-state index contributed by atoms with van der Waals surface area (Å²) in [4.78, 5) is 11.5. The molecule has 5 heteroatoms. The molecule has 2 heterocycles. The van der Waals surface area contributed by atoms with Crippen LogP contribution >= 0.6 is 0 Å². The Balaban J connectivity index is 2.07. The van der Waals surface area contributed by atoms with E-state index in [1.807, 2.05) is 24.4 Å². The van der Waals surface area contributed by atoms with Crippen LogP contribution in [0.3, 0.4) is 0 Å². The fourth-order valence-electron chi connectivity index (χ4n) is 2.91. The molecule has 1 saturated heterocycles. The first kappa shape index (κ1) is 15.7. The lowest BCUT2D eigenvalue weighted by Gasteiger charge is -2.33. The fraction of sp³-hybridized carbons (Fsp3) is 0.444. The largest absolute Gasteiger partial charge is 0.507 e. The van der Waals surface area contributed by atoms with Crippen molar-refractivity contribution in [3.05, 3.63) is 36.3 Å². The summed E-state index contributed by atoms with van der Waals surface area (Å²) in [6.07, 6.45) is 3.82. The third-order valence-electron chi connectivity index (χ3n) is 4.34. The van der Waals surface area contributed by atoms with Crippen LogP contribution in [-0.4, -0.2) is 34.2 Å². The van der Waals surface area contributed by atoms with Crippen LogP contribution in [0.1, 0.15) is 38.4 Å². The zero-order valence-electron chi connectivity index (χ0n) is 13.7. The number of aromatic nitrogens is 2. The number of phenolic OH excluding ortho intramolecular Hbond substituents is 1. The highest BCUT2D eigenvalue weighted by atomic mass is 16.3. The number of nitrogens with zero attached hydrogens (tertiary/aromatic N) is 3. The Kier molecular flexibility index (Phi) is 4.48. The number of piperidine rings is 1. The second kappa shape index (κ2) is 6.54. The van der Waals surface area contributed by atoms with Gasteiger partial charge in [0, 0.05) is 30.6 Å². The first-order chi connectivity index (χ1) is 11.1. The minimum atomic E-state index is 0.239. The molecule has 0 saturated carbocycles. The lowest BCUT2D eigenvalue weighted by molar-refractivity contribution is 0.476. The molecule has 1 aliphatic heterocycles. The molecule has 0 amide bonds. The molecule has 1 fully saturated rings. The predicted molar refractivity (Wildman–Crippen MR) is 92.6 cm³/mol. The smallest absolute Gasteiger partial charge is 0.131 e. The van der Waals surface area contributed by atoms with E-state index in [4.69, 9.17) is 10.7 Å². The van der Waals surface area contributed by atoms with E-state index in [0.29, 0.717) is 0 Å². The summed E-state index contributed by atoms with van der Waals surface area (Å²) in [5.74, 6) is 1.28. The van der Waals surface area contributed by atoms with Crippen LogP contribution in [0.25, 0.3) is 11.3 Å². The van der Waals surface area contributed by atoms with Gasteiger partial charge in [-0.15, -0.1) is 0 Å². The second-order valence-corrected chi connectivity index (χ2v) is 6.46. The van der Waals surface area contributed by atoms with E-state index in [-0.39, 0.29) is 17.7 Å². The molecule has 0 spiro atoms. The summed E-state index contributed by atoms with van der Waals surface area (Å²) in [5, 5.41) is 10.3. The van der Waals surface area contributed by atoms with Crippen LogP contribution < -0.4 is 10.6 Å². The van der Waals surface area contributed by atoms with Crippen molar-refractivity contribution in [1.29, 1.82) is 0 Å². The van der Waals surface area contributed by atoms with Crippen LogP contribution in [0, 0.1) is 0 Å². The number of phenols is 1. The van der Waals surface area contributed by atoms with E-state index in [1.165, 1.54) is 0 Å². The molecule has 5 nitrogen and oxygen atoms in total. The minimum Gasteiger partial charge on any atom is -0.507 e. The monoisotopic (exact) mass is 312 g/mol. The topological polar surface area (TPSA) is 75.3 Å². The van der Waals surface area contributed by atoms with Crippen molar-refractivity contribution in [2.45, 2.75) is 38.6 Å². The molecule has 2 aromatic rings. The number of anilines is 1. The van der Waals surface area contributed by atoms with Gasteiger partial charge in [0.05, 0.1) is 11.9 Å². The molecule has 0 unspecified atom stereocenters. The van der Waals surface area contributed by atoms with Gasteiger partial charge in [-0.1, -0.05) is 26.0 Å². The van der Waals surface area contributed by atoms with Gasteiger partial charge in [-0.25, -0.2) is 9.97 Å². The SMILES string of the molecule is CC(C)c1ncc(N2CCC(N)CC2)c(-c2ccccc2O)n1. The maximum atomic E-state index is 10.3. The first-order valence-electron chi connectivity index (χ1n) is 8.22. The average Bonchev–Trinajstić information content (AvgIpc) is 2.55. The Bertz CT molecular complexity index is 678. The van der Waals surface area contributed by atoms with Gasteiger partial charge in [0.1, 0.15) is 17.3 Å². The number of hydrogen-bond donors (Lipinski definition) is 2. The molecule has 3 rings (SSSR count). The number of nitrogens with two attached hydrogens (primary N) is 1. The molecule has 0 atom stereocenters. The van der Waals surface area contributed by atoms with E-state index in [9.17, 15) is 5.11 Å². The summed E-state index contributed by atoms with van der Waals surface area (Å²) in [5.41, 5.74) is 8.54. The van der Waals surface area contributed by atoms with Crippen LogP contribution in [0.15, 0.2) is 30.5 Å². The Morgan fingerprint density at radius 3 is 2.57 bits per heavy atom. The normalized spacial score (nSPS) is 16.1. The van der Waals surface area contributed by atoms with E-state index in [0.717, 1.165) is 48.7 Å². The average molecular weight is 312 g/mol. The van der Waals surface area contributed by atoms with E-state index in [1.54, 1.807) is 6.07 Å². The van der Waals surface area contributed by atoms with Crippen molar-refractivity contribution >= 4 is 5.69 Å². The number of aromatic hydroxyl groups is 1. The van der Waals surface area contributed by atoms with Gasteiger partial charge in [0.2, 0.25) is 0 Å². The molecule has 3 N–H and O–H groups in total. The number of para-hydroxylation sites is 1. The standard InChI is InChI=1S/C18H24N4O/c1-12(2)18-20-11-15(22-9-7-13(19)8-10-22)17(21-18)14-5-3-4-6-16(14)23/h3-6,11-13,23H,7-10,19H2,1-2H3. The molecular weight excluding hydrogens is 288 g/mol. The maximum absolute atomic E-state index is 10.3. The maximum Gasteiger partial charge on any atom is 0.131 e. The van der Waals surface area contributed by atoms with Crippen molar-refractivity contribution in [3.63, 3.8) is 0 Å². The molecule has 1 aromatic heterocycles. The highest BCUT2D eigenvalue weighted by Gasteiger charge is 2.22. The highest BCUT2D eigenvalue weighted by molar-refractivity contribution is 5.78. The molecule has 0 radical (unpaired) electrons. The van der Waals surface area contributed by atoms with Gasteiger partial charge >= 0.3 is 0 Å². The number of hydrogen-bond acceptors (Lipinski definition) is 5. The van der Waals surface area contributed by atoms with Gasteiger partial charge < -0.3 is 15.7 Å². The minimum absolute atomic E-state index is 0.239. The van der Waals surface area contributed by atoms with Crippen molar-refractivity contribution in [2.75, 3.05) is 18.0 Å². The summed E-state index contributed by atoms with van der Waals surface area (Å²) in [6, 6.07) is 7.62. The highest BCUT2D eigenvalue weighted by Crippen LogP contribution is 2.35. The van der Waals surface area contributed by atoms with Gasteiger partial charge in [0.25, 0.3) is 0 Å². The fourth-order valence-corrected chi connectivity index (χ4v) is 2.91. The molecule has 23 heavy (non-hydrogen) atoms. The number of rotatable bonds is 3. The van der Waals surface area contributed by atoms with E-state index in [2.05, 4.69) is 23.7 Å². The van der Waals surface area contributed by atoms with Crippen LogP contribution in [-0.2, 0) is 0 Å². The quantitative estimate of drug-likeness (QED) is 0.911. The summed E-state index contributed by atoms with van der Waals surface area (Å²) < 4.78 is 0. The first-order valence-corrected chi connectivity index (χ1v) is 8.22. The lowest BCUT2D eigenvalue weighted by atomic mass is 10.0. The van der Waals surface area contributed by atoms with Gasteiger partial charge in [-0.3, -0.25) is 0 Å². The zero-order chi connectivity index (χ0) is 16.4. The summed E-state index contributed by atoms with van der Waals surface area (Å²) in [6.45, 7) is 5.94. The van der Waals surface area contributed by atoms with Crippen LogP contribution in [0.4, 0.5) is 5.69 Å². The van der Waals surface area contributed by atoms with Crippen LogP contribution in [0.5, 0.6) is 5.75 Å². The lowest BCUT2D eigenvalue weighted by Crippen LogP contribution is -2.40. The molecular formula is C18H24N4O. The Labute approximate surface area is 137 Å². The van der Waals surface area contributed by atoms with Gasteiger partial charge in [-0.2, -0.15) is 0 Å². The number of benzene rings is 1. The van der Waals surface area contributed by atoms with Crippen molar-refractivity contribution in [1.82, 2.24) is 9.97 Å². The van der Waals surface area contributed by atoms with Gasteiger partial charge in [-0.05, 0) is 25.0 Å². The molecule has 1 aliphatic rings. The van der Waals surface area contributed by atoms with Crippen molar-refractivity contribution in [3.8, 4) is 17.0 Å². The third-order valence-corrected chi connectivity index (χ3v) is 4.34. The molecule has 0 bridgehead atoms.